The molecule has 3 rings (SSSR count). The normalized spacial score (nSPS) is 10.8. The van der Waals surface area contributed by atoms with Crippen molar-refractivity contribution in [1.29, 1.82) is 0 Å². The van der Waals surface area contributed by atoms with Gasteiger partial charge in [-0.1, -0.05) is 5.21 Å². The molecule has 20 heavy (non-hydrogen) atoms. The zero-order valence-corrected chi connectivity index (χ0v) is 12.4. The third-order valence-corrected chi connectivity index (χ3v) is 4.45. The van der Waals surface area contributed by atoms with Crippen LogP contribution in [0.1, 0.15) is 5.69 Å². The van der Waals surface area contributed by atoms with E-state index < -0.39 is 0 Å². The number of anilines is 2. The minimum Gasteiger partial charge on any atom is -0.382 e. The molecule has 3 aromatic heterocycles. The average Bonchev–Trinajstić information content (AvgIpc) is 3.12. The van der Waals surface area contributed by atoms with Gasteiger partial charge in [-0.3, -0.25) is 4.68 Å². The molecule has 0 saturated heterocycles. The van der Waals surface area contributed by atoms with E-state index >= 15 is 0 Å². The topological polar surface area (TPSA) is 94.5 Å². The van der Waals surface area contributed by atoms with Crippen molar-refractivity contribution in [1.82, 2.24) is 24.4 Å². The molecule has 0 radical (unpaired) electrons. The summed E-state index contributed by atoms with van der Waals surface area (Å²) in [5, 5.41) is 14.9. The van der Waals surface area contributed by atoms with E-state index in [1.807, 2.05) is 18.5 Å². The summed E-state index contributed by atoms with van der Waals surface area (Å²) in [5.41, 5.74) is 7.83. The van der Waals surface area contributed by atoms with Crippen molar-refractivity contribution in [3.63, 3.8) is 0 Å². The number of nitrogen functional groups attached to an aromatic ring is 1. The maximum absolute atomic E-state index is 5.95. The van der Waals surface area contributed by atoms with Crippen molar-refractivity contribution < 1.29 is 0 Å². The number of hydrogen-bond donors (Lipinski definition) is 2. The number of rotatable bonds is 5. The molecule has 7 nitrogen and oxygen atoms in total. The van der Waals surface area contributed by atoms with Crippen LogP contribution in [0.5, 0.6) is 0 Å². The van der Waals surface area contributed by atoms with E-state index in [1.165, 1.54) is 11.5 Å². The first-order valence-electron chi connectivity index (χ1n) is 5.99. The molecule has 3 N–H and O–H groups in total. The maximum Gasteiger partial charge on any atom is 0.149 e. The fourth-order valence-electron chi connectivity index (χ4n) is 1.73. The van der Waals surface area contributed by atoms with Gasteiger partial charge >= 0.3 is 0 Å². The Kier molecular flexibility index (Phi) is 3.61. The first-order chi connectivity index (χ1) is 9.74. The Morgan fingerprint density at radius 1 is 1.45 bits per heavy atom. The van der Waals surface area contributed by atoms with Crippen molar-refractivity contribution in [3.05, 3.63) is 23.5 Å². The van der Waals surface area contributed by atoms with E-state index in [0.29, 0.717) is 5.82 Å². The Balaban J connectivity index is 1.74. The van der Waals surface area contributed by atoms with Gasteiger partial charge in [0, 0.05) is 23.8 Å². The number of hydrogen-bond acceptors (Lipinski definition) is 8. The minimum atomic E-state index is 0.521. The number of nitrogens with zero attached hydrogens (tertiary/aromatic N) is 5. The quantitative estimate of drug-likeness (QED) is 0.747. The molecule has 0 aliphatic carbocycles. The lowest BCUT2D eigenvalue weighted by Crippen LogP contribution is -2.10. The maximum atomic E-state index is 5.95. The van der Waals surface area contributed by atoms with Crippen LogP contribution in [-0.2, 0) is 6.54 Å². The second kappa shape index (κ2) is 5.55. The van der Waals surface area contributed by atoms with E-state index in [-0.39, 0.29) is 0 Å². The molecular weight excluding hydrogens is 294 g/mol. The van der Waals surface area contributed by atoms with Crippen LogP contribution in [0.25, 0.3) is 10.6 Å². The van der Waals surface area contributed by atoms with Crippen molar-refractivity contribution in [2.75, 3.05) is 17.6 Å². The predicted octanol–water partition coefficient (Wildman–Crippen LogP) is 1.86. The highest BCUT2D eigenvalue weighted by atomic mass is 32.1. The lowest BCUT2D eigenvalue weighted by molar-refractivity contribution is 0.609. The van der Waals surface area contributed by atoms with Crippen LogP contribution >= 0.6 is 22.9 Å². The molecule has 0 fully saturated rings. The van der Waals surface area contributed by atoms with Gasteiger partial charge in [0.1, 0.15) is 15.8 Å². The molecule has 9 heteroatoms. The highest BCUT2D eigenvalue weighted by Crippen LogP contribution is 2.38. The van der Waals surface area contributed by atoms with Gasteiger partial charge in [-0.25, -0.2) is 4.98 Å². The predicted molar refractivity (Wildman–Crippen MR) is 80.9 cm³/mol. The Hall–Kier alpha value is -2.00. The highest BCUT2D eigenvalue weighted by molar-refractivity contribution is 7.15. The molecule has 0 aliphatic heterocycles. The lowest BCUT2D eigenvalue weighted by Gasteiger charge is -2.05. The van der Waals surface area contributed by atoms with Gasteiger partial charge in [0.05, 0.1) is 18.3 Å². The van der Waals surface area contributed by atoms with Crippen LogP contribution < -0.4 is 11.1 Å². The number of aromatic nitrogens is 5. The van der Waals surface area contributed by atoms with Gasteiger partial charge in [-0.15, -0.1) is 16.4 Å². The molecule has 0 bridgehead atoms. The zero-order chi connectivity index (χ0) is 13.9. The van der Waals surface area contributed by atoms with E-state index in [4.69, 9.17) is 5.73 Å². The second-order valence-electron chi connectivity index (χ2n) is 4.16. The largest absolute Gasteiger partial charge is 0.382 e. The molecule has 3 heterocycles. The summed E-state index contributed by atoms with van der Waals surface area (Å²) >= 11 is 2.93. The first-order valence-corrected chi connectivity index (χ1v) is 7.65. The van der Waals surface area contributed by atoms with Crippen LogP contribution in [-0.4, -0.2) is 30.9 Å². The Morgan fingerprint density at radius 3 is 3.05 bits per heavy atom. The number of nitrogens with one attached hydrogen (secondary N) is 1. The second-order valence-corrected chi connectivity index (χ2v) is 5.79. The summed E-state index contributed by atoms with van der Waals surface area (Å²) in [6, 6.07) is 0. The molecule has 0 aromatic carbocycles. The van der Waals surface area contributed by atoms with Crippen LogP contribution in [0.2, 0.25) is 0 Å². The summed E-state index contributed by atoms with van der Waals surface area (Å²) in [4.78, 5) is 4.47. The highest BCUT2D eigenvalue weighted by Gasteiger charge is 2.16. The van der Waals surface area contributed by atoms with Crippen LogP contribution in [0, 0.1) is 6.92 Å². The van der Waals surface area contributed by atoms with Gasteiger partial charge in [0.15, 0.2) is 0 Å². The van der Waals surface area contributed by atoms with E-state index in [2.05, 4.69) is 25.0 Å². The summed E-state index contributed by atoms with van der Waals surface area (Å²) in [6.07, 6.45) is 3.49. The molecule has 0 spiro atoms. The third kappa shape index (κ3) is 2.63. The van der Waals surface area contributed by atoms with Crippen LogP contribution in [0.15, 0.2) is 17.8 Å². The van der Waals surface area contributed by atoms with Gasteiger partial charge in [-0.05, 0) is 18.5 Å². The van der Waals surface area contributed by atoms with E-state index in [1.54, 1.807) is 22.2 Å². The smallest absolute Gasteiger partial charge is 0.149 e. The number of nitrogens with two attached hydrogens (primary N) is 1. The molecule has 0 atom stereocenters. The molecule has 104 valence electrons. The summed E-state index contributed by atoms with van der Waals surface area (Å²) in [7, 11) is 0. The third-order valence-electron chi connectivity index (χ3n) is 2.65. The molecule has 0 unspecified atom stereocenters. The standard InChI is InChI=1S/C11H13N7S2/c1-7-6-19-11(15-7)8-9(12)16-20-10(8)13-2-4-18-5-3-14-17-18/h3,5-6,13H,2,4H2,1H3,(H2,12,16). The average molecular weight is 307 g/mol. The lowest BCUT2D eigenvalue weighted by atomic mass is 10.3. The van der Waals surface area contributed by atoms with Crippen LogP contribution in [0.4, 0.5) is 10.8 Å². The monoisotopic (exact) mass is 307 g/mol. The van der Waals surface area contributed by atoms with Crippen molar-refractivity contribution in [2.24, 2.45) is 0 Å². The fourth-order valence-corrected chi connectivity index (χ4v) is 3.40. The SMILES string of the molecule is Cc1csc(-c2c(N)nsc2NCCn2ccnn2)n1. The summed E-state index contributed by atoms with van der Waals surface area (Å²) in [6.45, 7) is 3.42. The molecule has 0 aliphatic rings. The summed E-state index contributed by atoms with van der Waals surface area (Å²) in [5.74, 6) is 0.521. The molecule has 0 amide bonds. The fraction of sp³-hybridized carbons (Fsp3) is 0.273. The van der Waals surface area contributed by atoms with Crippen LogP contribution in [0.3, 0.4) is 0 Å². The summed E-state index contributed by atoms with van der Waals surface area (Å²) < 4.78 is 5.98. The zero-order valence-electron chi connectivity index (χ0n) is 10.8. The molecule has 0 saturated carbocycles. The number of thiazole rings is 1. The van der Waals surface area contributed by atoms with Crippen molar-refractivity contribution in [3.8, 4) is 10.6 Å². The number of aryl methyl sites for hydroxylation is 1. The molecule has 3 aromatic rings. The van der Waals surface area contributed by atoms with E-state index in [0.717, 1.165) is 34.4 Å². The van der Waals surface area contributed by atoms with Crippen molar-refractivity contribution in [2.45, 2.75) is 13.5 Å². The Labute approximate surface area is 123 Å². The Morgan fingerprint density at radius 2 is 2.35 bits per heavy atom. The van der Waals surface area contributed by atoms with Crippen molar-refractivity contribution >= 4 is 33.7 Å². The van der Waals surface area contributed by atoms with Gasteiger partial charge in [-0.2, -0.15) is 4.37 Å². The van der Waals surface area contributed by atoms with Gasteiger partial charge in [0.2, 0.25) is 0 Å². The van der Waals surface area contributed by atoms with Gasteiger partial charge in [0.25, 0.3) is 0 Å². The molecular formula is C11H13N7S2. The minimum absolute atomic E-state index is 0.521. The van der Waals surface area contributed by atoms with E-state index in [9.17, 15) is 0 Å². The van der Waals surface area contributed by atoms with Gasteiger partial charge < -0.3 is 11.1 Å². The Bertz CT molecular complexity index is 686. The first kappa shape index (κ1) is 13.0.